The van der Waals surface area contributed by atoms with E-state index in [9.17, 15) is 0 Å². The molecule has 5 heteroatoms. The second kappa shape index (κ2) is 11.2. The minimum Gasteiger partial charge on any atom is -0.456 e. The monoisotopic (exact) mass is 665 g/mol. The van der Waals surface area contributed by atoms with Crippen LogP contribution in [0, 0.1) is 0 Å². The van der Waals surface area contributed by atoms with Crippen LogP contribution in [-0.2, 0) is 0 Å². The minimum absolute atomic E-state index is 0.616. The second-order valence-corrected chi connectivity index (χ2v) is 13.1. The molecular formula is C47H27N3O2. The van der Waals surface area contributed by atoms with Crippen LogP contribution < -0.4 is 0 Å². The van der Waals surface area contributed by atoms with E-state index in [0.717, 1.165) is 93.2 Å². The summed E-state index contributed by atoms with van der Waals surface area (Å²) in [6, 6.07) is 56.3. The third kappa shape index (κ3) is 4.39. The molecule has 8 aromatic carbocycles. The third-order valence-corrected chi connectivity index (χ3v) is 10.1. The SMILES string of the molecule is c1ccc(-c2nc(-c3ccc4c(ccc5oc6ccccc6c54)c3)nc(-c3ccc(-c4cccc5oc6ccccc6c45)c4ccccc34)n2)cc1. The summed E-state index contributed by atoms with van der Waals surface area (Å²) in [5, 5.41) is 8.84. The Bertz CT molecular complexity index is 3190. The third-order valence-electron chi connectivity index (χ3n) is 10.1. The maximum absolute atomic E-state index is 6.26. The van der Waals surface area contributed by atoms with Crippen molar-refractivity contribution in [3.63, 3.8) is 0 Å². The normalized spacial score (nSPS) is 11.8. The molecule has 0 bridgehead atoms. The fourth-order valence-corrected chi connectivity index (χ4v) is 7.76. The van der Waals surface area contributed by atoms with Crippen molar-refractivity contribution >= 4 is 65.4 Å². The number of rotatable bonds is 4. The van der Waals surface area contributed by atoms with Crippen molar-refractivity contribution in [3.8, 4) is 45.3 Å². The van der Waals surface area contributed by atoms with Gasteiger partial charge in [-0.25, -0.2) is 15.0 Å². The maximum Gasteiger partial charge on any atom is 0.164 e. The largest absolute Gasteiger partial charge is 0.456 e. The van der Waals surface area contributed by atoms with Gasteiger partial charge in [0.2, 0.25) is 0 Å². The van der Waals surface area contributed by atoms with Crippen LogP contribution in [0.2, 0.25) is 0 Å². The topological polar surface area (TPSA) is 65.0 Å². The van der Waals surface area contributed by atoms with Crippen molar-refractivity contribution in [2.75, 3.05) is 0 Å². The van der Waals surface area contributed by atoms with Gasteiger partial charge in [-0.2, -0.15) is 0 Å². The van der Waals surface area contributed by atoms with Crippen molar-refractivity contribution in [3.05, 3.63) is 164 Å². The van der Waals surface area contributed by atoms with E-state index in [1.165, 1.54) is 0 Å². The standard InChI is InChI=1S/C47H27N3O2/c1-2-11-28(12-3-1)45-48-46(30-21-23-31-29(27-30)22-26-42-43(31)37-15-6-8-18-39(37)52-42)50-47(49-45)36-25-24-34(32-13-4-5-14-33(32)36)35-17-10-20-41-44(35)38-16-7-9-19-40(38)51-41/h1-27H. The van der Waals surface area contributed by atoms with E-state index in [1.807, 2.05) is 60.7 Å². The molecule has 5 nitrogen and oxygen atoms in total. The zero-order chi connectivity index (χ0) is 34.2. The zero-order valence-electron chi connectivity index (χ0n) is 27.7. The highest BCUT2D eigenvalue weighted by Gasteiger charge is 2.19. The molecule has 0 atom stereocenters. The number of furan rings is 2. The molecule has 0 N–H and O–H groups in total. The molecule has 242 valence electrons. The van der Waals surface area contributed by atoms with Crippen LogP contribution in [0.4, 0.5) is 0 Å². The van der Waals surface area contributed by atoms with Gasteiger partial charge in [0.05, 0.1) is 0 Å². The van der Waals surface area contributed by atoms with Crippen molar-refractivity contribution in [2.45, 2.75) is 0 Å². The van der Waals surface area contributed by atoms with Crippen molar-refractivity contribution in [1.82, 2.24) is 15.0 Å². The summed E-state index contributed by atoms with van der Waals surface area (Å²) in [6.07, 6.45) is 0. The molecule has 0 aliphatic carbocycles. The first-order valence-electron chi connectivity index (χ1n) is 17.4. The van der Waals surface area contributed by atoms with Crippen LogP contribution >= 0.6 is 0 Å². The lowest BCUT2D eigenvalue weighted by atomic mass is 9.92. The number of hydrogen-bond acceptors (Lipinski definition) is 5. The van der Waals surface area contributed by atoms with Crippen LogP contribution in [0.25, 0.3) is 111 Å². The zero-order valence-corrected chi connectivity index (χ0v) is 27.7. The van der Waals surface area contributed by atoms with E-state index >= 15 is 0 Å². The lowest BCUT2D eigenvalue weighted by Gasteiger charge is -2.14. The van der Waals surface area contributed by atoms with Crippen LogP contribution in [0.5, 0.6) is 0 Å². The van der Waals surface area contributed by atoms with E-state index in [1.54, 1.807) is 0 Å². The van der Waals surface area contributed by atoms with Gasteiger partial charge in [-0.1, -0.05) is 127 Å². The maximum atomic E-state index is 6.26. The van der Waals surface area contributed by atoms with E-state index in [4.69, 9.17) is 23.8 Å². The van der Waals surface area contributed by atoms with Gasteiger partial charge in [-0.3, -0.25) is 0 Å². The average Bonchev–Trinajstić information content (AvgIpc) is 3.79. The van der Waals surface area contributed by atoms with E-state index in [-0.39, 0.29) is 0 Å². The van der Waals surface area contributed by atoms with Crippen molar-refractivity contribution in [2.24, 2.45) is 0 Å². The Labute approximate surface area is 297 Å². The molecule has 52 heavy (non-hydrogen) atoms. The average molecular weight is 666 g/mol. The number of para-hydroxylation sites is 2. The second-order valence-electron chi connectivity index (χ2n) is 13.1. The van der Waals surface area contributed by atoms with Gasteiger partial charge < -0.3 is 8.83 Å². The molecule has 0 aliphatic heterocycles. The number of hydrogen-bond donors (Lipinski definition) is 0. The molecule has 0 amide bonds. The molecule has 0 aliphatic rings. The van der Waals surface area contributed by atoms with Gasteiger partial charge in [0, 0.05) is 38.2 Å². The smallest absolute Gasteiger partial charge is 0.164 e. The van der Waals surface area contributed by atoms with Crippen molar-refractivity contribution < 1.29 is 8.83 Å². The Balaban J connectivity index is 1.12. The highest BCUT2D eigenvalue weighted by Crippen LogP contribution is 2.42. The molecule has 11 rings (SSSR count). The predicted octanol–water partition coefficient (Wildman–Crippen LogP) is 12.6. The Hall–Kier alpha value is -7.11. The van der Waals surface area contributed by atoms with Crippen LogP contribution in [-0.4, -0.2) is 15.0 Å². The van der Waals surface area contributed by atoms with Gasteiger partial charge in [0.1, 0.15) is 22.3 Å². The van der Waals surface area contributed by atoms with Gasteiger partial charge in [-0.15, -0.1) is 0 Å². The van der Waals surface area contributed by atoms with Crippen molar-refractivity contribution in [1.29, 1.82) is 0 Å². The summed E-state index contributed by atoms with van der Waals surface area (Å²) in [7, 11) is 0. The molecule has 0 saturated heterocycles. The van der Waals surface area contributed by atoms with E-state index < -0.39 is 0 Å². The fraction of sp³-hybridized carbons (Fsp3) is 0. The lowest BCUT2D eigenvalue weighted by molar-refractivity contribution is 0.668. The highest BCUT2D eigenvalue weighted by atomic mass is 16.3. The lowest BCUT2D eigenvalue weighted by Crippen LogP contribution is -2.01. The highest BCUT2D eigenvalue weighted by molar-refractivity contribution is 6.19. The van der Waals surface area contributed by atoms with E-state index in [2.05, 4.69) is 103 Å². The number of benzene rings is 8. The van der Waals surface area contributed by atoms with Crippen LogP contribution in [0.1, 0.15) is 0 Å². The first kappa shape index (κ1) is 28.7. The quantitative estimate of drug-likeness (QED) is 0.187. The molecule has 3 heterocycles. The Kier molecular flexibility index (Phi) is 6.18. The molecule has 0 unspecified atom stereocenters. The first-order valence-corrected chi connectivity index (χ1v) is 17.4. The summed E-state index contributed by atoms with van der Waals surface area (Å²) in [5.41, 5.74) is 8.56. The summed E-state index contributed by atoms with van der Waals surface area (Å²) in [6.45, 7) is 0. The van der Waals surface area contributed by atoms with Gasteiger partial charge >= 0.3 is 0 Å². The van der Waals surface area contributed by atoms with Crippen LogP contribution in [0.15, 0.2) is 173 Å². The van der Waals surface area contributed by atoms with E-state index in [0.29, 0.717) is 17.5 Å². The summed E-state index contributed by atoms with van der Waals surface area (Å²) >= 11 is 0. The number of fused-ring (bicyclic) bond motifs is 9. The molecule has 11 aromatic rings. The Morgan fingerprint density at radius 1 is 0.308 bits per heavy atom. The molecule has 0 spiro atoms. The number of nitrogens with zero attached hydrogens (tertiary/aromatic N) is 3. The van der Waals surface area contributed by atoms with Gasteiger partial charge in [0.15, 0.2) is 17.5 Å². The molecular weight excluding hydrogens is 639 g/mol. The minimum atomic E-state index is 0.616. The summed E-state index contributed by atoms with van der Waals surface area (Å²) in [4.78, 5) is 15.4. The number of aromatic nitrogens is 3. The summed E-state index contributed by atoms with van der Waals surface area (Å²) < 4.78 is 12.4. The predicted molar refractivity (Wildman–Crippen MR) is 211 cm³/mol. The molecule has 0 fully saturated rings. The Morgan fingerprint density at radius 2 is 0.885 bits per heavy atom. The molecule has 0 saturated carbocycles. The van der Waals surface area contributed by atoms with Gasteiger partial charge in [-0.05, 0) is 69.1 Å². The Morgan fingerprint density at radius 3 is 1.65 bits per heavy atom. The van der Waals surface area contributed by atoms with Crippen LogP contribution in [0.3, 0.4) is 0 Å². The van der Waals surface area contributed by atoms with Gasteiger partial charge in [0.25, 0.3) is 0 Å². The fourth-order valence-electron chi connectivity index (χ4n) is 7.76. The first-order chi connectivity index (χ1) is 25.8. The molecule has 3 aromatic heterocycles. The molecule has 0 radical (unpaired) electrons. The summed E-state index contributed by atoms with van der Waals surface area (Å²) in [5.74, 6) is 1.86.